The second-order valence-electron chi connectivity index (χ2n) is 12.6. The third-order valence-electron chi connectivity index (χ3n) is 8.36. The second-order valence-corrected chi connectivity index (χ2v) is 14.1. The fourth-order valence-electron chi connectivity index (χ4n) is 5.98. The van der Waals surface area contributed by atoms with E-state index in [1.807, 2.05) is 93.3 Å². The number of amides is 2. The highest BCUT2D eigenvalue weighted by molar-refractivity contribution is 7.21. The summed E-state index contributed by atoms with van der Waals surface area (Å²) in [6, 6.07) is 21.3. The van der Waals surface area contributed by atoms with Gasteiger partial charge in [0.25, 0.3) is 5.91 Å². The highest BCUT2D eigenvalue weighted by atomic mass is 35.5. The Bertz CT molecular complexity index is 1750. The standard InChI is InChI=1S/C37H40ClN3O4S/c1-7-44-31-21-14-25(24-12-15-27(39-5)16-13-24)22-26(31)23-41(35(42)34-33(38)30-10-8-9-11-32(30)46-34)29-19-17-28(18-20-29)40(6)36(43)45-37(2,3)4/h8-16,21-22,28-29H,7,17-20,23H2,1-4,6H3. The normalized spacial score (nSPS) is 16.5. The maximum atomic E-state index is 14.5. The monoisotopic (exact) mass is 657 g/mol. The van der Waals surface area contributed by atoms with Crippen molar-refractivity contribution in [2.45, 2.75) is 77.6 Å². The number of ether oxygens (including phenoxy) is 2. The summed E-state index contributed by atoms with van der Waals surface area (Å²) in [5, 5.41) is 1.35. The van der Waals surface area contributed by atoms with Crippen LogP contribution in [0.4, 0.5) is 10.5 Å². The van der Waals surface area contributed by atoms with Crippen molar-refractivity contribution in [1.29, 1.82) is 0 Å². The zero-order valence-corrected chi connectivity index (χ0v) is 28.6. The van der Waals surface area contributed by atoms with Crippen LogP contribution >= 0.6 is 22.9 Å². The molecule has 0 bridgehead atoms. The van der Waals surface area contributed by atoms with Gasteiger partial charge < -0.3 is 19.3 Å². The lowest BCUT2D eigenvalue weighted by Gasteiger charge is -2.40. The van der Waals surface area contributed by atoms with Crippen LogP contribution in [-0.4, -0.2) is 53.1 Å². The average Bonchev–Trinajstić information content (AvgIpc) is 3.39. The van der Waals surface area contributed by atoms with Crippen LogP contribution in [0.25, 0.3) is 26.1 Å². The minimum Gasteiger partial charge on any atom is -0.494 e. The van der Waals surface area contributed by atoms with Crippen LogP contribution in [0.2, 0.25) is 5.02 Å². The summed E-state index contributed by atoms with van der Waals surface area (Å²) in [7, 11) is 1.80. The Hall–Kier alpha value is -4.06. The molecule has 1 saturated carbocycles. The number of carbonyl (C=O) groups is 2. The van der Waals surface area contributed by atoms with E-state index in [1.54, 1.807) is 11.9 Å². The lowest BCUT2D eigenvalue weighted by molar-refractivity contribution is 0.0144. The van der Waals surface area contributed by atoms with E-state index in [0.29, 0.717) is 28.7 Å². The molecule has 0 N–H and O–H groups in total. The van der Waals surface area contributed by atoms with Crippen LogP contribution in [-0.2, 0) is 11.3 Å². The molecule has 7 nitrogen and oxygen atoms in total. The maximum absolute atomic E-state index is 14.5. The molecule has 1 aliphatic rings. The molecule has 0 radical (unpaired) electrons. The Kier molecular flexibility index (Phi) is 10.2. The van der Waals surface area contributed by atoms with Crippen molar-refractivity contribution in [1.82, 2.24) is 9.80 Å². The van der Waals surface area contributed by atoms with Crippen LogP contribution in [0.15, 0.2) is 66.7 Å². The molecule has 0 spiro atoms. The molecule has 0 saturated heterocycles. The average molecular weight is 658 g/mol. The Morgan fingerprint density at radius 3 is 2.26 bits per heavy atom. The second kappa shape index (κ2) is 14.1. The van der Waals surface area contributed by atoms with Gasteiger partial charge in [-0.3, -0.25) is 4.79 Å². The molecule has 1 aromatic heterocycles. The predicted octanol–water partition coefficient (Wildman–Crippen LogP) is 9.99. The number of hydrogen-bond acceptors (Lipinski definition) is 5. The highest BCUT2D eigenvalue weighted by Gasteiger charge is 2.35. The predicted molar refractivity (Wildman–Crippen MR) is 186 cm³/mol. The topological polar surface area (TPSA) is 63.4 Å². The van der Waals surface area contributed by atoms with Gasteiger partial charge in [-0.05, 0) is 82.7 Å². The first-order chi connectivity index (χ1) is 22.0. The Morgan fingerprint density at radius 2 is 1.63 bits per heavy atom. The zero-order valence-electron chi connectivity index (χ0n) is 27.0. The molecule has 3 aromatic carbocycles. The zero-order chi connectivity index (χ0) is 33.0. The van der Waals surface area contributed by atoms with Crippen molar-refractivity contribution < 1.29 is 19.1 Å². The van der Waals surface area contributed by atoms with Crippen LogP contribution < -0.4 is 4.74 Å². The minimum atomic E-state index is -0.568. The van der Waals surface area contributed by atoms with Gasteiger partial charge in [0.15, 0.2) is 5.69 Å². The van der Waals surface area contributed by atoms with Gasteiger partial charge in [-0.2, -0.15) is 0 Å². The third-order valence-corrected chi connectivity index (χ3v) is 10.0. The smallest absolute Gasteiger partial charge is 0.410 e. The van der Waals surface area contributed by atoms with Crippen LogP contribution in [0, 0.1) is 6.57 Å². The van der Waals surface area contributed by atoms with Crippen molar-refractivity contribution in [3.63, 3.8) is 0 Å². The van der Waals surface area contributed by atoms with Gasteiger partial charge in [-0.15, -0.1) is 11.3 Å². The number of halogens is 1. The van der Waals surface area contributed by atoms with Gasteiger partial charge in [0.1, 0.15) is 16.2 Å². The number of benzene rings is 3. The molecule has 2 amide bonds. The number of thiophene rings is 1. The minimum absolute atomic E-state index is 0.0247. The Morgan fingerprint density at radius 1 is 0.978 bits per heavy atom. The summed E-state index contributed by atoms with van der Waals surface area (Å²) in [5.74, 6) is 0.618. The van der Waals surface area contributed by atoms with E-state index in [1.165, 1.54) is 11.3 Å². The summed E-state index contributed by atoms with van der Waals surface area (Å²) in [5.41, 5.74) is 2.87. The van der Waals surface area contributed by atoms with Gasteiger partial charge in [0.2, 0.25) is 0 Å². The molecule has 9 heteroatoms. The molecule has 0 atom stereocenters. The van der Waals surface area contributed by atoms with Gasteiger partial charge >= 0.3 is 6.09 Å². The molecular formula is C37H40ClN3O4S. The quantitative estimate of drug-likeness (QED) is 0.177. The number of hydrogen-bond donors (Lipinski definition) is 0. The van der Waals surface area contributed by atoms with Crippen LogP contribution in [0.1, 0.15) is 68.6 Å². The number of rotatable bonds is 8. The summed E-state index contributed by atoms with van der Waals surface area (Å²) < 4.78 is 12.7. The van der Waals surface area contributed by atoms with E-state index < -0.39 is 5.60 Å². The fourth-order valence-corrected chi connectivity index (χ4v) is 7.45. The number of fused-ring (bicyclic) bond motifs is 1. The molecule has 1 fully saturated rings. The van der Waals surface area contributed by atoms with E-state index >= 15 is 0 Å². The van der Waals surface area contributed by atoms with Crippen molar-refractivity contribution in [3.05, 3.63) is 93.6 Å². The summed E-state index contributed by atoms with van der Waals surface area (Å²) in [4.78, 5) is 35.0. The summed E-state index contributed by atoms with van der Waals surface area (Å²) in [6.45, 7) is 15.7. The fraction of sp³-hybridized carbons (Fsp3) is 0.378. The molecule has 5 rings (SSSR count). The first-order valence-corrected chi connectivity index (χ1v) is 16.9. The molecule has 1 heterocycles. The Balaban J connectivity index is 1.47. The van der Waals surface area contributed by atoms with Gasteiger partial charge in [-0.25, -0.2) is 9.64 Å². The first kappa shape index (κ1) is 33.3. The SMILES string of the molecule is [C-]#[N+]c1ccc(-c2ccc(OCC)c(CN(C(=O)c3sc4ccccc4c3Cl)C3CCC(N(C)C(=O)OC(C)(C)C)CC3)c2)cc1. The van der Waals surface area contributed by atoms with Crippen molar-refractivity contribution in [3.8, 4) is 16.9 Å². The van der Waals surface area contributed by atoms with Crippen LogP contribution in [0.5, 0.6) is 5.75 Å². The summed E-state index contributed by atoms with van der Waals surface area (Å²) in [6.07, 6.45) is 2.62. The van der Waals surface area contributed by atoms with Gasteiger partial charge in [0.05, 0.1) is 18.2 Å². The third kappa shape index (κ3) is 7.49. The maximum Gasteiger partial charge on any atom is 0.410 e. The summed E-state index contributed by atoms with van der Waals surface area (Å²) >= 11 is 8.28. The van der Waals surface area contributed by atoms with E-state index in [0.717, 1.165) is 58.2 Å². The van der Waals surface area contributed by atoms with E-state index in [4.69, 9.17) is 27.6 Å². The van der Waals surface area contributed by atoms with Crippen molar-refractivity contribution in [2.75, 3.05) is 13.7 Å². The van der Waals surface area contributed by atoms with E-state index in [9.17, 15) is 9.59 Å². The van der Waals surface area contributed by atoms with Crippen molar-refractivity contribution in [2.24, 2.45) is 0 Å². The first-order valence-electron chi connectivity index (χ1n) is 15.7. The largest absolute Gasteiger partial charge is 0.494 e. The van der Waals surface area contributed by atoms with Crippen LogP contribution in [0.3, 0.4) is 0 Å². The van der Waals surface area contributed by atoms with Crippen molar-refractivity contribution >= 4 is 50.7 Å². The molecule has 4 aromatic rings. The molecule has 46 heavy (non-hydrogen) atoms. The molecule has 0 aliphatic heterocycles. The van der Waals surface area contributed by atoms with E-state index in [-0.39, 0.29) is 24.1 Å². The molecule has 0 unspecified atom stereocenters. The molecule has 240 valence electrons. The number of nitrogens with zero attached hydrogens (tertiary/aromatic N) is 3. The van der Waals surface area contributed by atoms with Gasteiger partial charge in [-0.1, -0.05) is 60.1 Å². The lowest BCUT2D eigenvalue weighted by atomic mass is 9.89. The van der Waals surface area contributed by atoms with Gasteiger partial charge in [0, 0.05) is 41.3 Å². The molecular weight excluding hydrogens is 618 g/mol. The highest BCUT2D eigenvalue weighted by Crippen LogP contribution is 2.39. The van der Waals surface area contributed by atoms with E-state index in [2.05, 4.69) is 10.9 Å². The number of carbonyl (C=O) groups excluding carboxylic acids is 2. The lowest BCUT2D eigenvalue weighted by Crippen LogP contribution is -2.47. The Labute approximate surface area is 280 Å². The molecule has 1 aliphatic carbocycles.